The molecule has 4 rings (SSSR count). The van der Waals surface area contributed by atoms with Crippen molar-refractivity contribution in [2.24, 2.45) is 9.98 Å². The standard InChI is InChI=1S/C34H40N2O12S2/c1-15(2)23-19-11-17(5)25(31(39)27(19)21(29(37)33(23)41)13-35-7-9-49(43,44)45)26-18(6)12-20-24(16(3)4)34(42)30(38)22(28(20)32(26)40)14-36-8-10-50(46,47)48/h11-16,37-42H,7-10H2,1-6H3,(H,43,44,45)(H,46,47,48)/p-2. The Kier molecular flexibility index (Phi) is 10.6. The van der Waals surface area contributed by atoms with Crippen LogP contribution < -0.4 is 0 Å². The van der Waals surface area contributed by atoms with E-state index in [0.29, 0.717) is 21.9 Å². The first-order valence-electron chi connectivity index (χ1n) is 15.4. The maximum Gasteiger partial charge on any atom is 0.167 e. The summed E-state index contributed by atoms with van der Waals surface area (Å²) in [7, 11) is -9.22. The molecule has 0 spiro atoms. The molecule has 0 unspecified atom stereocenters. The average molecular weight is 731 g/mol. The number of aliphatic imine (C=N–C) groups is 2. The van der Waals surface area contributed by atoms with E-state index in [9.17, 15) is 56.6 Å². The number of aromatic hydroxyl groups is 6. The molecule has 270 valence electrons. The smallest absolute Gasteiger partial charge is 0.167 e. The molecule has 4 aromatic carbocycles. The van der Waals surface area contributed by atoms with Gasteiger partial charge in [0.05, 0.1) is 44.8 Å². The van der Waals surface area contributed by atoms with Gasteiger partial charge in [0.1, 0.15) is 11.5 Å². The van der Waals surface area contributed by atoms with Crippen molar-refractivity contribution in [3.8, 4) is 45.6 Å². The van der Waals surface area contributed by atoms with E-state index in [2.05, 4.69) is 9.98 Å². The number of hydrogen-bond acceptors (Lipinski definition) is 14. The van der Waals surface area contributed by atoms with Gasteiger partial charge in [0.2, 0.25) is 0 Å². The molecule has 0 saturated heterocycles. The Hall–Kier alpha value is -4.64. The number of phenolic OH excluding ortho intramolecular Hbond substituents is 6. The lowest BCUT2D eigenvalue weighted by Crippen LogP contribution is -2.07. The highest BCUT2D eigenvalue weighted by Crippen LogP contribution is 2.54. The number of benzene rings is 4. The molecular formula is C34H38N2O12S2-2. The first kappa shape index (κ1) is 38.2. The van der Waals surface area contributed by atoms with Crippen molar-refractivity contribution in [1.29, 1.82) is 0 Å². The van der Waals surface area contributed by atoms with Crippen LogP contribution >= 0.6 is 0 Å². The Morgan fingerprint density at radius 1 is 0.600 bits per heavy atom. The fraction of sp³-hybridized carbons (Fsp3) is 0.353. The quantitative estimate of drug-likeness (QED) is 0.0698. The minimum absolute atomic E-state index is 0.00532. The zero-order chi connectivity index (χ0) is 37.6. The fourth-order valence-corrected chi connectivity index (χ4v) is 6.92. The van der Waals surface area contributed by atoms with Crippen molar-refractivity contribution in [3.63, 3.8) is 0 Å². The minimum Gasteiger partial charge on any atom is -0.748 e. The highest BCUT2D eigenvalue weighted by molar-refractivity contribution is 7.85. The summed E-state index contributed by atoms with van der Waals surface area (Å²) in [5.74, 6) is -5.66. The molecule has 14 nitrogen and oxygen atoms in total. The monoisotopic (exact) mass is 730 g/mol. The number of aryl methyl sites for hydroxylation is 2. The molecule has 0 aliphatic rings. The molecule has 0 heterocycles. The maximum atomic E-state index is 12.0. The van der Waals surface area contributed by atoms with Crippen molar-refractivity contribution < 1.29 is 56.6 Å². The number of hydrogen-bond donors (Lipinski definition) is 6. The molecule has 0 aromatic heterocycles. The summed E-state index contributed by atoms with van der Waals surface area (Å²) in [5, 5.41) is 68.9. The van der Waals surface area contributed by atoms with Gasteiger partial charge in [-0.2, -0.15) is 0 Å². The summed E-state index contributed by atoms with van der Waals surface area (Å²) in [6.45, 7) is 9.35. The van der Waals surface area contributed by atoms with Crippen LogP contribution in [0.4, 0.5) is 0 Å². The van der Waals surface area contributed by atoms with Gasteiger partial charge in [-0.3, -0.25) is 9.98 Å². The van der Waals surface area contributed by atoms with Gasteiger partial charge < -0.3 is 39.7 Å². The molecule has 0 bridgehead atoms. The van der Waals surface area contributed by atoms with E-state index in [0.717, 1.165) is 12.4 Å². The largest absolute Gasteiger partial charge is 0.748 e. The summed E-state index contributed by atoms with van der Waals surface area (Å²) in [4.78, 5) is 7.89. The summed E-state index contributed by atoms with van der Waals surface area (Å²) < 4.78 is 66.7. The van der Waals surface area contributed by atoms with E-state index in [1.807, 2.05) is 0 Å². The first-order valence-corrected chi connectivity index (χ1v) is 18.6. The molecule has 6 N–H and O–H groups in total. The Labute approximate surface area is 289 Å². The topological polar surface area (TPSA) is 260 Å². The summed E-state index contributed by atoms with van der Waals surface area (Å²) in [5.41, 5.74) is 1.14. The van der Waals surface area contributed by atoms with Gasteiger partial charge in [0, 0.05) is 56.6 Å². The molecular weight excluding hydrogens is 693 g/mol. The number of phenols is 6. The third kappa shape index (κ3) is 7.28. The van der Waals surface area contributed by atoms with Gasteiger partial charge in [0.25, 0.3) is 0 Å². The van der Waals surface area contributed by atoms with Gasteiger partial charge in [-0.25, -0.2) is 16.8 Å². The third-order valence-electron chi connectivity index (χ3n) is 8.37. The van der Waals surface area contributed by atoms with E-state index >= 15 is 0 Å². The first-order chi connectivity index (χ1) is 23.1. The Morgan fingerprint density at radius 3 is 1.20 bits per heavy atom. The number of nitrogens with zero attached hydrogens (tertiary/aromatic N) is 2. The van der Waals surface area contributed by atoms with E-state index in [1.165, 1.54) is 0 Å². The maximum absolute atomic E-state index is 12.0. The van der Waals surface area contributed by atoms with Crippen molar-refractivity contribution in [3.05, 3.63) is 45.5 Å². The normalized spacial score (nSPS) is 12.9. The molecule has 0 saturated carbocycles. The van der Waals surface area contributed by atoms with Crippen LogP contribution in [0.15, 0.2) is 22.1 Å². The van der Waals surface area contributed by atoms with Crippen LogP contribution in [0.2, 0.25) is 0 Å². The average Bonchev–Trinajstić information content (AvgIpc) is 2.97. The van der Waals surface area contributed by atoms with E-state index in [4.69, 9.17) is 0 Å². The van der Waals surface area contributed by atoms with E-state index in [-0.39, 0.29) is 56.0 Å². The zero-order valence-corrected chi connectivity index (χ0v) is 29.8. The SMILES string of the molecule is Cc1cc2c(C(C)C)c(O)c(O)c(C=NCCS(=O)(=O)[O-])c2c(O)c1-c1c(C)cc2c(C(C)C)c(O)c(O)c(C=NCCS(=O)(=O)[O-])c2c1O. The summed E-state index contributed by atoms with van der Waals surface area (Å²) in [6, 6.07) is 3.25. The van der Waals surface area contributed by atoms with Gasteiger partial charge in [-0.05, 0) is 47.6 Å². The zero-order valence-electron chi connectivity index (χ0n) is 28.1. The summed E-state index contributed by atoms with van der Waals surface area (Å²) in [6.07, 6.45) is 2.07. The van der Waals surface area contributed by atoms with Crippen LogP contribution in [-0.2, 0) is 20.2 Å². The van der Waals surface area contributed by atoms with Crippen LogP contribution in [-0.4, -0.2) is 93.6 Å². The second kappa shape index (κ2) is 13.9. The molecule has 0 fully saturated rings. The molecule has 0 amide bonds. The van der Waals surface area contributed by atoms with Crippen LogP contribution in [0, 0.1) is 13.8 Å². The lowest BCUT2D eigenvalue weighted by molar-refractivity contribution is 0.398. The van der Waals surface area contributed by atoms with Crippen molar-refractivity contribution in [1.82, 2.24) is 0 Å². The molecule has 0 radical (unpaired) electrons. The van der Waals surface area contributed by atoms with Gasteiger partial charge >= 0.3 is 0 Å². The van der Waals surface area contributed by atoms with Gasteiger partial charge in [-0.1, -0.05) is 39.8 Å². The third-order valence-corrected chi connectivity index (χ3v) is 9.74. The Bertz CT molecular complexity index is 2150. The van der Waals surface area contributed by atoms with Crippen LogP contribution in [0.1, 0.15) is 72.9 Å². The lowest BCUT2D eigenvalue weighted by Gasteiger charge is -2.23. The fourth-order valence-electron chi connectivity index (χ4n) is 6.26. The van der Waals surface area contributed by atoms with E-state index < -0.39 is 79.3 Å². The highest BCUT2D eigenvalue weighted by Gasteiger charge is 2.29. The molecule has 0 aliphatic carbocycles. The van der Waals surface area contributed by atoms with Gasteiger partial charge in [0.15, 0.2) is 23.0 Å². The number of fused-ring (bicyclic) bond motifs is 2. The Morgan fingerprint density at radius 2 is 0.920 bits per heavy atom. The van der Waals surface area contributed by atoms with Gasteiger partial charge in [-0.15, -0.1) is 0 Å². The molecule has 0 aliphatic heterocycles. The van der Waals surface area contributed by atoms with Crippen molar-refractivity contribution in [2.75, 3.05) is 24.6 Å². The second-order valence-electron chi connectivity index (χ2n) is 12.6. The van der Waals surface area contributed by atoms with Crippen LogP contribution in [0.25, 0.3) is 32.7 Å². The minimum atomic E-state index is -4.61. The molecule has 4 aromatic rings. The van der Waals surface area contributed by atoms with Crippen LogP contribution in [0.5, 0.6) is 34.5 Å². The summed E-state index contributed by atoms with van der Waals surface area (Å²) >= 11 is 0. The van der Waals surface area contributed by atoms with Crippen molar-refractivity contribution >= 4 is 54.2 Å². The number of rotatable bonds is 11. The Balaban J connectivity index is 2.16. The predicted octanol–water partition coefficient (Wildman–Crippen LogP) is 4.69. The van der Waals surface area contributed by atoms with E-state index in [1.54, 1.807) is 53.7 Å². The predicted molar refractivity (Wildman–Crippen MR) is 189 cm³/mol. The lowest BCUT2D eigenvalue weighted by atomic mass is 9.83. The molecule has 16 heteroatoms. The molecule has 50 heavy (non-hydrogen) atoms. The van der Waals surface area contributed by atoms with Crippen LogP contribution in [0.3, 0.4) is 0 Å². The molecule has 0 atom stereocenters. The highest BCUT2D eigenvalue weighted by atomic mass is 32.2. The second-order valence-corrected chi connectivity index (χ2v) is 15.7. The van der Waals surface area contributed by atoms with Crippen molar-refractivity contribution in [2.45, 2.75) is 53.4 Å².